The van der Waals surface area contributed by atoms with Crippen LogP contribution in [0.5, 0.6) is 0 Å². The molecule has 0 saturated carbocycles. The molecule has 2 heteroatoms. The monoisotopic (exact) mass is 157 g/mol. The van der Waals surface area contributed by atoms with E-state index in [2.05, 4.69) is 24.3 Å². The van der Waals surface area contributed by atoms with Gasteiger partial charge in [-0.15, -0.1) is 0 Å². The summed E-state index contributed by atoms with van der Waals surface area (Å²) in [6.45, 7) is 8.26. The van der Waals surface area contributed by atoms with Crippen molar-refractivity contribution in [2.75, 3.05) is 0 Å². The number of hydrogen-bond acceptors (Lipinski definition) is 2. The highest BCUT2D eigenvalue weighted by atomic mass is 32.2. The summed E-state index contributed by atoms with van der Waals surface area (Å²) in [7, 11) is 0. The number of hydrogen-bond donors (Lipinski definition) is 0. The Balaban J connectivity index is 0.000000371. The van der Waals surface area contributed by atoms with Gasteiger partial charge in [0.2, 0.25) is 0 Å². The molecule has 0 aliphatic carbocycles. The van der Waals surface area contributed by atoms with Gasteiger partial charge in [-0.05, 0) is 5.41 Å². The lowest BCUT2D eigenvalue weighted by Crippen LogP contribution is -2.09. The Morgan fingerprint density at radius 2 is 1.90 bits per heavy atom. The highest BCUT2D eigenvalue weighted by Gasteiger charge is 2.11. The van der Waals surface area contributed by atoms with E-state index in [1.54, 1.807) is 0 Å². The van der Waals surface area contributed by atoms with Crippen LogP contribution in [0.15, 0.2) is 15.9 Å². The van der Waals surface area contributed by atoms with Crippen molar-refractivity contribution in [3.63, 3.8) is 0 Å². The van der Waals surface area contributed by atoms with E-state index < -0.39 is 0 Å². The molecule has 1 nitrogen and oxygen atoms in total. The van der Waals surface area contributed by atoms with Gasteiger partial charge in [-0.2, -0.15) is 0 Å². The first-order chi connectivity index (χ1) is 4.71. The van der Waals surface area contributed by atoms with Gasteiger partial charge in [-0.1, -0.05) is 33.8 Å². The normalized spacial score (nSPS) is 19.6. The molecule has 0 spiro atoms. The highest BCUT2D eigenvalue weighted by molar-refractivity contribution is 8.01. The minimum absolute atomic E-state index is 0.186. The van der Waals surface area contributed by atoms with Crippen LogP contribution in [-0.4, -0.2) is 6.21 Å². The SMILES string of the molecule is CC.CC1(C)C=CSN=C1. The molecule has 0 amide bonds. The van der Waals surface area contributed by atoms with Crippen molar-refractivity contribution in [2.24, 2.45) is 9.81 Å². The van der Waals surface area contributed by atoms with E-state index in [0.29, 0.717) is 0 Å². The zero-order valence-electron chi connectivity index (χ0n) is 7.09. The summed E-state index contributed by atoms with van der Waals surface area (Å²) < 4.78 is 4.03. The van der Waals surface area contributed by atoms with Crippen LogP contribution in [0.25, 0.3) is 0 Å². The molecule has 0 unspecified atom stereocenters. The second kappa shape index (κ2) is 4.56. The standard InChI is InChI=1S/C6H9NS.C2H6/c1-6(2)3-4-8-7-5-6;1-2/h3-5H,1-2H3;1-2H3. The average molecular weight is 157 g/mol. The van der Waals surface area contributed by atoms with Crippen LogP contribution in [0, 0.1) is 5.41 Å². The van der Waals surface area contributed by atoms with Crippen molar-refractivity contribution in [3.05, 3.63) is 11.5 Å². The molecular weight excluding hydrogens is 142 g/mol. The van der Waals surface area contributed by atoms with Gasteiger partial charge in [0, 0.05) is 23.6 Å². The maximum absolute atomic E-state index is 4.03. The topological polar surface area (TPSA) is 12.4 Å². The van der Waals surface area contributed by atoms with Crippen molar-refractivity contribution < 1.29 is 0 Å². The molecule has 1 aliphatic heterocycles. The molecule has 0 atom stereocenters. The minimum atomic E-state index is 0.186. The third-order valence-electron chi connectivity index (χ3n) is 1.00. The maximum atomic E-state index is 4.03. The van der Waals surface area contributed by atoms with Gasteiger partial charge >= 0.3 is 0 Å². The largest absolute Gasteiger partial charge is 0.224 e. The average Bonchev–Trinajstić information content (AvgIpc) is 1.92. The number of rotatable bonds is 0. The quantitative estimate of drug-likeness (QED) is 0.491. The van der Waals surface area contributed by atoms with Crippen molar-refractivity contribution in [1.82, 2.24) is 0 Å². The van der Waals surface area contributed by atoms with Crippen LogP contribution >= 0.6 is 11.9 Å². The smallest absolute Gasteiger partial charge is 0.0224 e. The molecular formula is C8H15NS. The van der Waals surface area contributed by atoms with E-state index in [-0.39, 0.29) is 5.41 Å². The highest BCUT2D eigenvalue weighted by Crippen LogP contribution is 2.22. The summed E-state index contributed by atoms with van der Waals surface area (Å²) in [6, 6.07) is 0. The summed E-state index contributed by atoms with van der Waals surface area (Å²) in [6.07, 6.45) is 4.10. The third kappa shape index (κ3) is 3.72. The molecule has 0 aromatic heterocycles. The van der Waals surface area contributed by atoms with Crippen molar-refractivity contribution in [3.8, 4) is 0 Å². The van der Waals surface area contributed by atoms with Gasteiger partial charge in [0.15, 0.2) is 0 Å². The molecule has 1 heterocycles. The van der Waals surface area contributed by atoms with E-state index in [4.69, 9.17) is 0 Å². The Kier molecular flexibility index (Phi) is 4.45. The molecule has 0 saturated heterocycles. The van der Waals surface area contributed by atoms with Gasteiger partial charge in [0.05, 0.1) is 0 Å². The van der Waals surface area contributed by atoms with Crippen LogP contribution in [0.3, 0.4) is 0 Å². The van der Waals surface area contributed by atoms with Crippen molar-refractivity contribution in [2.45, 2.75) is 27.7 Å². The molecule has 0 aromatic carbocycles. The van der Waals surface area contributed by atoms with Crippen LogP contribution in [0.1, 0.15) is 27.7 Å². The van der Waals surface area contributed by atoms with Crippen LogP contribution in [0.2, 0.25) is 0 Å². The summed E-state index contributed by atoms with van der Waals surface area (Å²) >= 11 is 1.49. The van der Waals surface area contributed by atoms with Crippen LogP contribution < -0.4 is 0 Å². The lowest BCUT2D eigenvalue weighted by molar-refractivity contribution is 0.695. The Morgan fingerprint density at radius 1 is 1.30 bits per heavy atom. The van der Waals surface area contributed by atoms with Gasteiger partial charge in [-0.25, -0.2) is 4.40 Å². The third-order valence-corrected chi connectivity index (χ3v) is 1.49. The Morgan fingerprint density at radius 3 is 2.10 bits per heavy atom. The molecule has 0 N–H and O–H groups in total. The first-order valence-electron chi connectivity index (χ1n) is 3.59. The molecule has 0 radical (unpaired) electrons. The van der Waals surface area contributed by atoms with Gasteiger partial charge in [0.1, 0.15) is 0 Å². The van der Waals surface area contributed by atoms with E-state index in [1.165, 1.54) is 11.9 Å². The lowest BCUT2D eigenvalue weighted by atomic mass is 9.96. The zero-order valence-corrected chi connectivity index (χ0v) is 7.90. The minimum Gasteiger partial charge on any atom is -0.224 e. The predicted molar refractivity (Wildman–Crippen MR) is 50.4 cm³/mol. The molecule has 0 bridgehead atoms. The van der Waals surface area contributed by atoms with E-state index in [1.807, 2.05) is 25.5 Å². The second-order valence-electron chi connectivity index (χ2n) is 2.46. The molecule has 0 aromatic rings. The first kappa shape index (κ1) is 9.76. The van der Waals surface area contributed by atoms with Gasteiger partial charge in [-0.3, -0.25) is 0 Å². The fraction of sp³-hybridized carbons (Fsp3) is 0.625. The number of nitrogens with zero attached hydrogens (tertiary/aromatic N) is 1. The number of allylic oxidation sites excluding steroid dienone is 1. The van der Waals surface area contributed by atoms with Crippen molar-refractivity contribution in [1.29, 1.82) is 0 Å². The Hall–Kier alpha value is -0.240. The molecule has 58 valence electrons. The van der Waals surface area contributed by atoms with Gasteiger partial charge < -0.3 is 0 Å². The Bertz CT molecular complexity index is 122. The van der Waals surface area contributed by atoms with Gasteiger partial charge in [0.25, 0.3) is 0 Å². The predicted octanol–water partition coefficient (Wildman–Crippen LogP) is 3.29. The molecule has 1 aliphatic rings. The zero-order chi connectivity index (χ0) is 8.04. The fourth-order valence-electron chi connectivity index (χ4n) is 0.450. The van der Waals surface area contributed by atoms with Crippen molar-refractivity contribution >= 4 is 18.2 Å². The van der Waals surface area contributed by atoms with E-state index >= 15 is 0 Å². The fourth-order valence-corrected chi connectivity index (χ4v) is 1.26. The van der Waals surface area contributed by atoms with E-state index in [0.717, 1.165) is 0 Å². The summed E-state index contributed by atoms with van der Waals surface area (Å²) in [4.78, 5) is 0. The molecule has 10 heavy (non-hydrogen) atoms. The van der Waals surface area contributed by atoms with Crippen LogP contribution in [0.4, 0.5) is 0 Å². The lowest BCUT2D eigenvalue weighted by Gasteiger charge is -2.14. The Labute approximate surface area is 67.8 Å². The summed E-state index contributed by atoms with van der Waals surface area (Å²) in [5.74, 6) is 0. The first-order valence-corrected chi connectivity index (χ1v) is 4.42. The second-order valence-corrected chi connectivity index (χ2v) is 3.16. The molecule has 0 fully saturated rings. The molecule has 1 rings (SSSR count). The maximum Gasteiger partial charge on any atom is 0.0224 e. The van der Waals surface area contributed by atoms with E-state index in [9.17, 15) is 0 Å². The van der Waals surface area contributed by atoms with Crippen LogP contribution in [-0.2, 0) is 0 Å². The summed E-state index contributed by atoms with van der Waals surface area (Å²) in [5, 5.41) is 2.01. The summed E-state index contributed by atoms with van der Waals surface area (Å²) in [5.41, 5.74) is 0.186.